The second-order valence-corrected chi connectivity index (χ2v) is 7.02. The number of amidine groups is 1. The Morgan fingerprint density at radius 2 is 2.48 bits per heavy atom. The van der Waals surface area contributed by atoms with Gasteiger partial charge in [0, 0.05) is 18.2 Å². The summed E-state index contributed by atoms with van der Waals surface area (Å²) < 4.78 is 0. The fourth-order valence-electron chi connectivity index (χ4n) is 1.79. The first-order chi connectivity index (χ1) is 11.1. The van der Waals surface area contributed by atoms with E-state index in [0.29, 0.717) is 12.0 Å². The first kappa shape index (κ1) is 17.4. The third-order valence-corrected chi connectivity index (χ3v) is 4.78. The normalized spacial score (nSPS) is 17.7. The highest BCUT2D eigenvalue weighted by atomic mass is 32.2. The van der Waals surface area contributed by atoms with E-state index in [1.807, 2.05) is 11.6 Å². The van der Waals surface area contributed by atoms with Gasteiger partial charge in [-0.15, -0.1) is 0 Å². The molecule has 1 fully saturated rings. The zero-order chi connectivity index (χ0) is 16.7. The molecule has 1 aromatic heterocycles. The summed E-state index contributed by atoms with van der Waals surface area (Å²) in [6.45, 7) is 0. The summed E-state index contributed by atoms with van der Waals surface area (Å²) in [5, 5.41) is 25.9. The van der Waals surface area contributed by atoms with Gasteiger partial charge in [-0.05, 0) is 29.9 Å². The molecule has 0 unspecified atom stereocenters. The maximum Gasteiger partial charge on any atom is 0.265 e. The van der Waals surface area contributed by atoms with Crippen molar-refractivity contribution in [3.8, 4) is 6.07 Å². The third kappa shape index (κ3) is 5.04. The number of nitrogens with two attached hydrogens (primary N) is 1. The van der Waals surface area contributed by atoms with Crippen molar-refractivity contribution in [2.45, 2.75) is 30.8 Å². The van der Waals surface area contributed by atoms with Gasteiger partial charge < -0.3 is 11.1 Å². The number of thioether (sulfide) groups is 1. The zero-order valence-electron chi connectivity index (χ0n) is 12.8. The first-order valence-electron chi connectivity index (χ1n) is 7.14. The van der Waals surface area contributed by atoms with Gasteiger partial charge in [0.1, 0.15) is 17.3 Å². The molecule has 1 amide bonds. The molecule has 4 N–H and O–H groups in total. The van der Waals surface area contributed by atoms with Crippen molar-refractivity contribution in [3.05, 3.63) is 22.4 Å². The van der Waals surface area contributed by atoms with Crippen LogP contribution in [0.3, 0.4) is 0 Å². The van der Waals surface area contributed by atoms with E-state index >= 15 is 0 Å². The molecule has 9 heteroatoms. The zero-order valence-corrected chi connectivity index (χ0v) is 14.4. The predicted octanol–water partition coefficient (Wildman–Crippen LogP) is 0.461. The van der Waals surface area contributed by atoms with E-state index in [-0.39, 0.29) is 11.7 Å². The summed E-state index contributed by atoms with van der Waals surface area (Å²) in [6.07, 6.45) is 4.16. The summed E-state index contributed by atoms with van der Waals surface area (Å²) in [5.74, 6) is 0.878. The predicted molar refractivity (Wildman–Crippen MR) is 91.2 cm³/mol. The van der Waals surface area contributed by atoms with Crippen molar-refractivity contribution in [1.29, 1.82) is 5.26 Å². The highest BCUT2D eigenvalue weighted by Crippen LogP contribution is 2.28. The molecule has 0 radical (unpaired) electrons. The number of carbonyl (C=O) groups is 1. The highest BCUT2D eigenvalue weighted by Gasteiger charge is 2.47. The Morgan fingerprint density at radius 3 is 3.04 bits per heavy atom. The number of amides is 1. The van der Waals surface area contributed by atoms with Gasteiger partial charge in [-0.25, -0.2) is 0 Å². The number of hydrogen-bond donors (Lipinski definition) is 3. The fourth-order valence-corrected chi connectivity index (χ4v) is 2.89. The minimum absolute atomic E-state index is 0.181. The summed E-state index contributed by atoms with van der Waals surface area (Å²) in [5.41, 5.74) is 5.98. The van der Waals surface area contributed by atoms with E-state index in [0.717, 1.165) is 18.6 Å². The lowest BCUT2D eigenvalue weighted by Crippen LogP contribution is -2.75. The van der Waals surface area contributed by atoms with E-state index in [2.05, 4.69) is 26.8 Å². The fraction of sp³-hybridized carbons (Fsp3) is 0.500. The standard InChI is InChI=1S/C14H18N6OS2/c1-22-6-3-11(17-13(21)10-2-7-23-8-10)12(16)18-20-19-14(9-15)4-5-14/h2,7-8,11H,3-6H2,1H3,(H,17,21)(H2,16,18,19)/p+1/t11-/m0/s1. The number of nitriles is 1. The Balaban J connectivity index is 2.01. The van der Waals surface area contributed by atoms with Crippen LogP contribution in [0.1, 0.15) is 29.6 Å². The third-order valence-electron chi connectivity index (χ3n) is 3.45. The lowest BCUT2D eigenvalue weighted by Gasteiger charge is -2.13. The molecular weight excluding hydrogens is 332 g/mol. The summed E-state index contributed by atoms with van der Waals surface area (Å²) in [4.78, 5) is 12.2. The Kier molecular flexibility index (Phi) is 6.12. The monoisotopic (exact) mass is 351 g/mol. The molecule has 122 valence electrons. The maximum absolute atomic E-state index is 12.2. The van der Waals surface area contributed by atoms with E-state index in [9.17, 15) is 4.79 Å². The average molecular weight is 351 g/mol. The summed E-state index contributed by atoms with van der Waals surface area (Å²) in [7, 11) is 0. The van der Waals surface area contributed by atoms with Crippen LogP contribution in [0.2, 0.25) is 0 Å². The van der Waals surface area contributed by atoms with Crippen molar-refractivity contribution >= 4 is 34.8 Å². The molecule has 1 aliphatic rings. The van der Waals surface area contributed by atoms with Crippen molar-refractivity contribution in [1.82, 2.24) is 5.32 Å². The quantitative estimate of drug-likeness (QED) is 0.273. The maximum atomic E-state index is 12.2. The molecule has 2 rings (SSSR count). The van der Waals surface area contributed by atoms with Crippen LogP contribution in [0.25, 0.3) is 0 Å². The summed E-state index contributed by atoms with van der Waals surface area (Å²) >= 11 is 3.13. The van der Waals surface area contributed by atoms with Crippen LogP contribution in [0.5, 0.6) is 0 Å². The van der Waals surface area contributed by atoms with Crippen LogP contribution in [-0.4, -0.2) is 35.3 Å². The van der Waals surface area contributed by atoms with Gasteiger partial charge in [0.25, 0.3) is 11.7 Å². The molecule has 1 saturated carbocycles. The molecule has 0 bridgehead atoms. The Morgan fingerprint density at radius 1 is 1.70 bits per heavy atom. The van der Waals surface area contributed by atoms with Crippen molar-refractivity contribution < 1.29 is 9.91 Å². The van der Waals surface area contributed by atoms with E-state index in [1.165, 1.54) is 11.3 Å². The van der Waals surface area contributed by atoms with Crippen LogP contribution in [0, 0.1) is 11.3 Å². The summed E-state index contributed by atoms with van der Waals surface area (Å²) in [6, 6.07) is 3.52. The molecular formula is C14H19N6OS2+. The van der Waals surface area contributed by atoms with Crippen LogP contribution >= 0.6 is 23.1 Å². The Labute approximate surface area is 143 Å². The van der Waals surface area contributed by atoms with Crippen LogP contribution in [0.4, 0.5) is 0 Å². The topological polar surface area (TPSA) is 118 Å². The van der Waals surface area contributed by atoms with E-state index in [1.54, 1.807) is 23.2 Å². The second kappa shape index (κ2) is 8.08. The molecule has 0 spiro atoms. The lowest BCUT2D eigenvalue weighted by atomic mass is 10.2. The number of thiophene rings is 1. The highest BCUT2D eigenvalue weighted by molar-refractivity contribution is 7.98. The first-order valence-corrected chi connectivity index (χ1v) is 9.47. The molecule has 7 nitrogen and oxygen atoms in total. The SMILES string of the molecule is CSCC[C@H](NC(=O)c1ccsc1)/C(N)=N/N=[NH+]C1(C#N)CC1. The lowest BCUT2D eigenvalue weighted by molar-refractivity contribution is -0.574. The molecule has 0 aromatic carbocycles. The number of hydrogen-bond acceptors (Lipinski definition) is 5. The minimum Gasteiger partial charge on any atom is -0.363 e. The van der Waals surface area contributed by atoms with Gasteiger partial charge in [0.05, 0.1) is 10.7 Å². The van der Waals surface area contributed by atoms with Crippen molar-refractivity contribution in [3.63, 3.8) is 0 Å². The van der Waals surface area contributed by atoms with Gasteiger partial charge in [0.2, 0.25) is 5.54 Å². The van der Waals surface area contributed by atoms with E-state index in [4.69, 9.17) is 11.0 Å². The van der Waals surface area contributed by atoms with Crippen LogP contribution in [0.15, 0.2) is 27.2 Å². The van der Waals surface area contributed by atoms with Crippen LogP contribution < -0.4 is 16.2 Å². The van der Waals surface area contributed by atoms with Gasteiger partial charge in [-0.2, -0.15) is 33.5 Å². The minimum atomic E-state index is -0.585. The second-order valence-electron chi connectivity index (χ2n) is 5.25. The molecule has 1 aliphatic carbocycles. The number of nitrogens with zero attached hydrogens (tertiary/aromatic N) is 3. The largest absolute Gasteiger partial charge is 0.363 e. The Bertz CT molecular complexity index is 630. The van der Waals surface area contributed by atoms with Gasteiger partial charge in [0.15, 0.2) is 0 Å². The molecule has 0 aliphatic heterocycles. The molecule has 1 aromatic rings. The molecule has 0 saturated heterocycles. The molecule has 23 heavy (non-hydrogen) atoms. The number of carbonyl (C=O) groups excluding carboxylic acids is 1. The van der Waals surface area contributed by atoms with Gasteiger partial charge in [-0.1, -0.05) is 0 Å². The smallest absolute Gasteiger partial charge is 0.265 e. The van der Waals surface area contributed by atoms with Gasteiger partial charge in [-0.3, -0.25) is 4.79 Å². The Hall–Kier alpha value is -1.92. The van der Waals surface area contributed by atoms with E-state index < -0.39 is 11.6 Å². The number of nitrogens with one attached hydrogen (secondary N) is 2. The molecule has 1 atom stereocenters. The van der Waals surface area contributed by atoms with Crippen molar-refractivity contribution in [2.24, 2.45) is 16.1 Å². The van der Waals surface area contributed by atoms with Gasteiger partial charge >= 0.3 is 0 Å². The van der Waals surface area contributed by atoms with Crippen molar-refractivity contribution in [2.75, 3.05) is 12.0 Å². The average Bonchev–Trinajstić information content (AvgIpc) is 3.11. The van der Waals surface area contributed by atoms with Crippen LogP contribution in [-0.2, 0) is 0 Å². The molecule has 1 heterocycles. The number of rotatable bonds is 8.